The minimum Gasteiger partial charge on any atom is -0.496 e. The SMILES string of the molecule is COc1ccc(C)cc1P(c1cc(C)ccc1OC)c1cc(C)ccc1OC. The molecule has 0 atom stereocenters. The summed E-state index contributed by atoms with van der Waals surface area (Å²) in [7, 11) is 4.23. The fourth-order valence-electron chi connectivity index (χ4n) is 3.31. The summed E-state index contributed by atoms with van der Waals surface area (Å²) < 4.78 is 17.3. The Hall–Kier alpha value is -2.51. The van der Waals surface area contributed by atoms with Gasteiger partial charge >= 0.3 is 0 Å². The molecule has 0 amide bonds. The summed E-state index contributed by atoms with van der Waals surface area (Å²) >= 11 is 0. The second-order valence-electron chi connectivity index (χ2n) is 6.86. The molecule has 0 aliphatic rings. The Bertz CT molecular complexity index is 854. The highest BCUT2D eigenvalue weighted by Crippen LogP contribution is 2.42. The Morgan fingerprint density at radius 2 is 0.786 bits per heavy atom. The van der Waals surface area contributed by atoms with Crippen molar-refractivity contribution in [1.82, 2.24) is 0 Å². The van der Waals surface area contributed by atoms with Gasteiger partial charge in [0.2, 0.25) is 0 Å². The van der Waals surface area contributed by atoms with Crippen LogP contribution in [0.15, 0.2) is 54.6 Å². The molecule has 0 spiro atoms. The molecule has 4 heteroatoms. The first-order valence-corrected chi connectivity index (χ1v) is 10.6. The first-order valence-electron chi connectivity index (χ1n) is 9.22. The van der Waals surface area contributed by atoms with Crippen molar-refractivity contribution in [1.29, 1.82) is 0 Å². The molecule has 146 valence electrons. The molecule has 3 aromatic rings. The van der Waals surface area contributed by atoms with Crippen LogP contribution in [0.5, 0.6) is 17.2 Å². The standard InChI is InChI=1S/C24H27O3P/c1-16-7-10-19(25-4)22(13-16)28(23-14-17(2)8-11-20(23)26-5)24-15-18(3)9-12-21(24)27-6/h7-15H,1-6H3. The van der Waals surface area contributed by atoms with Crippen molar-refractivity contribution < 1.29 is 14.2 Å². The third-order valence-electron chi connectivity index (χ3n) is 4.73. The van der Waals surface area contributed by atoms with Crippen molar-refractivity contribution in [3.05, 3.63) is 71.3 Å². The molecule has 0 aliphatic carbocycles. The number of rotatable bonds is 6. The van der Waals surface area contributed by atoms with Crippen LogP contribution < -0.4 is 30.1 Å². The zero-order valence-corrected chi connectivity index (χ0v) is 18.3. The number of ether oxygens (including phenoxy) is 3. The molecule has 0 radical (unpaired) electrons. The average Bonchev–Trinajstić information content (AvgIpc) is 2.69. The van der Waals surface area contributed by atoms with Crippen LogP contribution in [0.3, 0.4) is 0 Å². The highest BCUT2D eigenvalue weighted by atomic mass is 31.1. The number of methoxy groups -OCH3 is 3. The van der Waals surface area contributed by atoms with Gasteiger partial charge in [0.05, 0.1) is 21.3 Å². The zero-order chi connectivity index (χ0) is 20.3. The van der Waals surface area contributed by atoms with Gasteiger partial charge in [-0.2, -0.15) is 0 Å². The van der Waals surface area contributed by atoms with Crippen LogP contribution in [0, 0.1) is 20.8 Å². The predicted octanol–water partition coefficient (Wildman–Crippen LogP) is 4.40. The van der Waals surface area contributed by atoms with Crippen molar-refractivity contribution in [3.63, 3.8) is 0 Å². The summed E-state index contributed by atoms with van der Waals surface area (Å²) in [5.41, 5.74) is 3.59. The zero-order valence-electron chi connectivity index (χ0n) is 17.4. The Kier molecular flexibility index (Phi) is 6.26. The molecule has 0 fully saturated rings. The molecule has 0 aliphatic heterocycles. The lowest BCUT2D eigenvalue weighted by atomic mass is 10.2. The Morgan fingerprint density at radius 1 is 0.500 bits per heavy atom. The maximum Gasteiger partial charge on any atom is 0.127 e. The van der Waals surface area contributed by atoms with E-state index >= 15 is 0 Å². The van der Waals surface area contributed by atoms with Crippen molar-refractivity contribution >= 4 is 23.8 Å². The monoisotopic (exact) mass is 394 g/mol. The van der Waals surface area contributed by atoms with Crippen molar-refractivity contribution in [2.45, 2.75) is 20.8 Å². The van der Waals surface area contributed by atoms with Gasteiger partial charge in [0.25, 0.3) is 0 Å². The Labute approximate surface area is 169 Å². The lowest BCUT2D eigenvalue weighted by molar-refractivity contribution is 0.416. The molecule has 0 saturated carbocycles. The Balaban J connectivity index is 2.38. The van der Waals surface area contributed by atoms with E-state index in [1.165, 1.54) is 16.7 Å². The summed E-state index contributed by atoms with van der Waals surface area (Å²) in [4.78, 5) is 0. The largest absolute Gasteiger partial charge is 0.496 e. The van der Waals surface area contributed by atoms with Gasteiger partial charge < -0.3 is 14.2 Å². The summed E-state index contributed by atoms with van der Waals surface area (Å²) in [6, 6.07) is 19.0. The van der Waals surface area contributed by atoms with E-state index in [1.807, 2.05) is 18.2 Å². The second-order valence-corrected chi connectivity index (χ2v) is 8.98. The van der Waals surface area contributed by atoms with E-state index in [1.54, 1.807) is 21.3 Å². The summed E-state index contributed by atoms with van der Waals surface area (Å²) in [5.74, 6) is 2.64. The van der Waals surface area contributed by atoms with Crippen LogP contribution in [0.2, 0.25) is 0 Å². The van der Waals surface area contributed by atoms with E-state index in [-0.39, 0.29) is 0 Å². The lowest BCUT2D eigenvalue weighted by Gasteiger charge is -2.26. The number of aryl methyl sites for hydroxylation is 3. The van der Waals surface area contributed by atoms with Crippen molar-refractivity contribution in [3.8, 4) is 17.2 Å². The summed E-state index contributed by atoms with van der Waals surface area (Å²) in [6.45, 7) is 6.33. The fraction of sp³-hybridized carbons (Fsp3) is 0.250. The molecule has 28 heavy (non-hydrogen) atoms. The summed E-state index contributed by atoms with van der Waals surface area (Å²) in [5, 5.41) is 3.47. The molecule has 0 heterocycles. The van der Waals surface area contributed by atoms with Gasteiger partial charge in [-0.25, -0.2) is 0 Å². The third kappa shape index (κ3) is 4.00. The maximum absolute atomic E-state index is 5.77. The quantitative estimate of drug-likeness (QED) is 0.580. The maximum atomic E-state index is 5.77. The molecule has 0 saturated heterocycles. The molecule has 3 nitrogen and oxygen atoms in total. The predicted molar refractivity (Wildman–Crippen MR) is 119 cm³/mol. The second kappa shape index (κ2) is 8.67. The van der Waals surface area contributed by atoms with Crippen molar-refractivity contribution in [2.75, 3.05) is 21.3 Å². The van der Waals surface area contributed by atoms with Gasteiger partial charge in [0.1, 0.15) is 17.2 Å². The van der Waals surface area contributed by atoms with E-state index in [0.29, 0.717) is 0 Å². The first-order chi connectivity index (χ1) is 13.5. The van der Waals surface area contributed by atoms with Gasteiger partial charge in [-0.15, -0.1) is 0 Å². The number of hydrogen-bond acceptors (Lipinski definition) is 3. The van der Waals surface area contributed by atoms with Crippen LogP contribution >= 0.6 is 7.92 Å². The van der Waals surface area contributed by atoms with E-state index in [2.05, 4.69) is 57.2 Å². The first kappa shape index (κ1) is 20.2. The molecule has 3 rings (SSSR count). The van der Waals surface area contributed by atoms with Gasteiger partial charge in [0, 0.05) is 15.9 Å². The topological polar surface area (TPSA) is 27.7 Å². The van der Waals surface area contributed by atoms with E-state index in [4.69, 9.17) is 14.2 Å². The smallest absolute Gasteiger partial charge is 0.127 e. The minimum atomic E-state index is -0.949. The summed E-state index contributed by atoms with van der Waals surface area (Å²) in [6.07, 6.45) is 0. The van der Waals surface area contributed by atoms with E-state index in [9.17, 15) is 0 Å². The van der Waals surface area contributed by atoms with Crippen LogP contribution in [0.25, 0.3) is 0 Å². The molecular formula is C24H27O3P. The molecule has 3 aromatic carbocycles. The van der Waals surface area contributed by atoms with Gasteiger partial charge in [-0.05, 0) is 65.1 Å². The molecule has 0 bridgehead atoms. The lowest BCUT2D eigenvalue weighted by Crippen LogP contribution is -2.25. The molecular weight excluding hydrogens is 367 g/mol. The number of benzene rings is 3. The van der Waals surface area contributed by atoms with E-state index in [0.717, 1.165) is 33.2 Å². The van der Waals surface area contributed by atoms with Crippen molar-refractivity contribution in [2.24, 2.45) is 0 Å². The van der Waals surface area contributed by atoms with E-state index < -0.39 is 7.92 Å². The molecule has 0 unspecified atom stereocenters. The fourth-order valence-corrected chi connectivity index (χ4v) is 6.25. The van der Waals surface area contributed by atoms with Gasteiger partial charge in [-0.3, -0.25) is 0 Å². The third-order valence-corrected chi connectivity index (χ3v) is 7.22. The minimum absolute atomic E-state index is 0.879. The van der Waals surface area contributed by atoms with Gasteiger partial charge in [0.15, 0.2) is 0 Å². The highest BCUT2D eigenvalue weighted by Gasteiger charge is 2.26. The average molecular weight is 394 g/mol. The normalized spacial score (nSPS) is 10.8. The van der Waals surface area contributed by atoms with Crippen LogP contribution in [0.4, 0.5) is 0 Å². The van der Waals surface area contributed by atoms with Gasteiger partial charge in [-0.1, -0.05) is 34.9 Å². The molecule has 0 aromatic heterocycles. The van der Waals surface area contributed by atoms with Crippen LogP contribution in [-0.4, -0.2) is 21.3 Å². The molecule has 0 N–H and O–H groups in total. The highest BCUT2D eigenvalue weighted by molar-refractivity contribution is 7.80. The number of hydrogen-bond donors (Lipinski definition) is 0. The van der Waals surface area contributed by atoms with Crippen LogP contribution in [-0.2, 0) is 0 Å². The Morgan fingerprint density at radius 3 is 1.04 bits per heavy atom. The van der Waals surface area contributed by atoms with Crippen LogP contribution in [0.1, 0.15) is 16.7 Å².